The van der Waals surface area contributed by atoms with E-state index in [1.165, 1.54) is 32.8 Å². The zero-order valence-electron chi connectivity index (χ0n) is 22.4. The van der Waals surface area contributed by atoms with Crippen molar-refractivity contribution >= 4 is 5.97 Å². The maximum Gasteiger partial charge on any atom is 0.334 e. The second-order valence-electron chi connectivity index (χ2n) is 12.5. The van der Waals surface area contributed by atoms with E-state index in [0.29, 0.717) is 41.9 Å². The Labute approximate surface area is 206 Å². The monoisotopic (exact) mass is 480 g/mol. The Hall–Kier alpha value is -0.690. The SMILES string of the molecule is COC(=O)C(C[C@@H](C)[C@H]1CC[C@H]2[C@@H]3[C@@H](OC)C[C@@H]4C[C@@H](OC)[C@H](O)C[C@]4(C)[C@H]3CC[C@]12C)OC. The molecule has 1 N–H and O–H groups in total. The van der Waals surface area contributed by atoms with Crippen molar-refractivity contribution in [2.24, 2.45) is 46.3 Å². The zero-order valence-corrected chi connectivity index (χ0v) is 22.4. The first kappa shape index (κ1) is 26.4. The molecular weight excluding hydrogens is 432 g/mol. The minimum atomic E-state index is -0.488. The third-order valence-electron chi connectivity index (χ3n) is 11.4. The average Bonchev–Trinajstić information content (AvgIpc) is 3.18. The highest BCUT2D eigenvalue weighted by Gasteiger charge is 2.64. The number of ether oxygens (including phenoxy) is 4. The molecule has 0 aliphatic heterocycles. The Kier molecular flexibility index (Phi) is 7.75. The van der Waals surface area contributed by atoms with Crippen LogP contribution in [0.4, 0.5) is 0 Å². The number of methoxy groups -OCH3 is 4. The Morgan fingerprint density at radius 3 is 2.24 bits per heavy atom. The minimum Gasteiger partial charge on any atom is -0.467 e. The fourth-order valence-electron chi connectivity index (χ4n) is 9.60. The first-order chi connectivity index (χ1) is 16.1. The summed E-state index contributed by atoms with van der Waals surface area (Å²) < 4.78 is 22.4. The van der Waals surface area contributed by atoms with Gasteiger partial charge in [0.2, 0.25) is 0 Å². The van der Waals surface area contributed by atoms with Gasteiger partial charge in [-0.1, -0.05) is 20.8 Å². The van der Waals surface area contributed by atoms with Gasteiger partial charge in [0.15, 0.2) is 6.10 Å². The number of aliphatic hydroxyl groups excluding tert-OH is 1. The third kappa shape index (κ3) is 4.14. The van der Waals surface area contributed by atoms with Gasteiger partial charge in [-0.05, 0) is 97.7 Å². The summed E-state index contributed by atoms with van der Waals surface area (Å²) >= 11 is 0. The van der Waals surface area contributed by atoms with Crippen LogP contribution in [0, 0.1) is 46.3 Å². The summed E-state index contributed by atoms with van der Waals surface area (Å²) in [4.78, 5) is 12.2. The number of carbonyl (C=O) groups excluding carboxylic acids is 1. The predicted octanol–water partition coefficient (Wildman–Crippen LogP) is 4.47. The lowest BCUT2D eigenvalue weighted by Crippen LogP contribution is -2.61. The van der Waals surface area contributed by atoms with E-state index in [1.807, 2.05) is 7.11 Å². The Morgan fingerprint density at radius 2 is 1.62 bits per heavy atom. The Balaban J connectivity index is 1.57. The van der Waals surface area contributed by atoms with E-state index < -0.39 is 6.10 Å². The largest absolute Gasteiger partial charge is 0.467 e. The second kappa shape index (κ2) is 9.99. The molecule has 0 radical (unpaired) electrons. The molecule has 4 saturated carbocycles. The van der Waals surface area contributed by atoms with Gasteiger partial charge in [-0.3, -0.25) is 0 Å². The molecule has 34 heavy (non-hydrogen) atoms. The van der Waals surface area contributed by atoms with Crippen LogP contribution in [-0.4, -0.2) is 63.9 Å². The normalized spacial score (nSPS) is 47.8. The molecule has 196 valence electrons. The molecule has 4 aliphatic carbocycles. The van der Waals surface area contributed by atoms with Gasteiger partial charge < -0.3 is 24.1 Å². The maximum atomic E-state index is 12.2. The first-order valence-corrected chi connectivity index (χ1v) is 13.5. The quantitative estimate of drug-likeness (QED) is 0.542. The van der Waals surface area contributed by atoms with E-state index in [2.05, 4.69) is 20.8 Å². The Morgan fingerprint density at radius 1 is 0.971 bits per heavy atom. The van der Waals surface area contributed by atoms with Crippen LogP contribution in [0.1, 0.15) is 72.1 Å². The lowest BCUT2D eigenvalue weighted by molar-refractivity contribution is -0.203. The van der Waals surface area contributed by atoms with Crippen LogP contribution in [0.2, 0.25) is 0 Å². The van der Waals surface area contributed by atoms with Gasteiger partial charge in [0, 0.05) is 21.3 Å². The minimum absolute atomic E-state index is 0.0544. The molecule has 0 aromatic heterocycles. The summed E-state index contributed by atoms with van der Waals surface area (Å²) in [7, 11) is 6.67. The van der Waals surface area contributed by atoms with E-state index in [9.17, 15) is 9.90 Å². The summed E-state index contributed by atoms with van der Waals surface area (Å²) in [5, 5.41) is 10.9. The summed E-state index contributed by atoms with van der Waals surface area (Å²) in [6.45, 7) is 7.27. The standard InChI is InChI=1S/C28H48O6/c1-16(12-24(33-6)26(30)34-7)18-8-9-19-25-20(10-11-27(18,19)2)28(3)15-21(29)22(31-4)13-17(28)14-23(25)32-5/h16-25,29H,8-15H2,1-7H3/t16-,17+,18-,19+,20+,21-,22-,23+,24?,25+,27-,28+/m1/s1. The highest BCUT2D eigenvalue weighted by Crippen LogP contribution is 2.68. The topological polar surface area (TPSA) is 74.2 Å². The molecule has 0 bridgehead atoms. The Bertz CT molecular complexity index is 728. The first-order valence-electron chi connectivity index (χ1n) is 13.5. The van der Waals surface area contributed by atoms with Crippen molar-refractivity contribution in [3.63, 3.8) is 0 Å². The molecule has 6 heteroatoms. The van der Waals surface area contributed by atoms with Crippen LogP contribution >= 0.6 is 0 Å². The van der Waals surface area contributed by atoms with Crippen molar-refractivity contribution in [3.8, 4) is 0 Å². The van der Waals surface area contributed by atoms with Crippen molar-refractivity contribution in [2.45, 2.75) is 96.6 Å². The van der Waals surface area contributed by atoms with E-state index in [0.717, 1.165) is 19.3 Å². The van der Waals surface area contributed by atoms with Gasteiger partial charge >= 0.3 is 5.97 Å². The van der Waals surface area contributed by atoms with Gasteiger partial charge in [-0.25, -0.2) is 4.79 Å². The number of rotatable bonds is 7. The van der Waals surface area contributed by atoms with Gasteiger partial charge in [0.05, 0.1) is 25.4 Å². The number of aliphatic hydroxyl groups is 1. The van der Waals surface area contributed by atoms with Gasteiger partial charge in [0.1, 0.15) is 0 Å². The highest BCUT2D eigenvalue weighted by atomic mass is 16.6. The van der Waals surface area contributed by atoms with Crippen LogP contribution in [0.25, 0.3) is 0 Å². The number of esters is 1. The van der Waals surface area contributed by atoms with Crippen LogP contribution in [0.15, 0.2) is 0 Å². The molecule has 1 unspecified atom stereocenters. The van der Waals surface area contributed by atoms with E-state index in [1.54, 1.807) is 14.2 Å². The fraction of sp³-hybridized carbons (Fsp3) is 0.964. The molecule has 0 saturated heterocycles. The second-order valence-corrected chi connectivity index (χ2v) is 12.5. The van der Waals surface area contributed by atoms with Crippen molar-refractivity contribution in [2.75, 3.05) is 28.4 Å². The number of hydrogen-bond acceptors (Lipinski definition) is 6. The summed E-state index contributed by atoms with van der Waals surface area (Å²) in [5.74, 6) is 2.97. The van der Waals surface area contributed by atoms with E-state index in [4.69, 9.17) is 18.9 Å². The van der Waals surface area contributed by atoms with Crippen molar-refractivity contribution in [3.05, 3.63) is 0 Å². The van der Waals surface area contributed by atoms with E-state index >= 15 is 0 Å². The third-order valence-corrected chi connectivity index (χ3v) is 11.4. The number of hydrogen-bond donors (Lipinski definition) is 1. The van der Waals surface area contributed by atoms with Gasteiger partial charge in [0.25, 0.3) is 0 Å². The van der Waals surface area contributed by atoms with Crippen LogP contribution in [0.3, 0.4) is 0 Å². The van der Waals surface area contributed by atoms with Crippen LogP contribution in [0.5, 0.6) is 0 Å². The summed E-state index contributed by atoms with van der Waals surface area (Å²) in [6.07, 6.45) is 7.76. The van der Waals surface area contributed by atoms with E-state index in [-0.39, 0.29) is 35.1 Å². The lowest BCUT2D eigenvalue weighted by atomic mass is 9.43. The molecule has 0 spiro atoms. The summed E-state index contributed by atoms with van der Waals surface area (Å²) in [6, 6.07) is 0. The summed E-state index contributed by atoms with van der Waals surface area (Å²) in [5.41, 5.74) is 0.391. The van der Waals surface area contributed by atoms with Crippen LogP contribution < -0.4 is 0 Å². The highest BCUT2D eigenvalue weighted by molar-refractivity contribution is 5.74. The number of carbonyl (C=O) groups is 1. The number of fused-ring (bicyclic) bond motifs is 5. The molecule has 4 fully saturated rings. The molecular formula is C28H48O6. The predicted molar refractivity (Wildman–Crippen MR) is 130 cm³/mol. The van der Waals surface area contributed by atoms with Gasteiger partial charge in [-0.15, -0.1) is 0 Å². The smallest absolute Gasteiger partial charge is 0.334 e. The van der Waals surface area contributed by atoms with Gasteiger partial charge in [-0.2, -0.15) is 0 Å². The molecule has 0 aromatic carbocycles. The molecule has 0 aromatic rings. The molecule has 12 atom stereocenters. The average molecular weight is 481 g/mol. The lowest BCUT2D eigenvalue weighted by Gasteiger charge is -2.63. The van der Waals surface area contributed by atoms with Crippen LogP contribution in [-0.2, 0) is 23.7 Å². The fourth-order valence-corrected chi connectivity index (χ4v) is 9.60. The molecule has 4 aliphatic rings. The van der Waals surface area contributed by atoms with Crippen molar-refractivity contribution < 1.29 is 28.8 Å². The molecule has 4 rings (SSSR count). The van der Waals surface area contributed by atoms with Crippen molar-refractivity contribution in [1.82, 2.24) is 0 Å². The molecule has 0 amide bonds. The zero-order chi connectivity index (χ0) is 24.8. The van der Waals surface area contributed by atoms with Crippen molar-refractivity contribution in [1.29, 1.82) is 0 Å². The maximum absolute atomic E-state index is 12.2. The molecule has 0 heterocycles. The molecule has 6 nitrogen and oxygen atoms in total.